The Hall–Kier alpha value is -0.960. The molecule has 1 fully saturated rings. The molecule has 0 amide bonds. The Morgan fingerprint density at radius 2 is 2.29 bits per heavy atom. The lowest BCUT2D eigenvalue weighted by atomic mass is 9.78. The van der Waals surface area contributed by atoms with Gasteiger partial charge in [-0.1, -0.05) is 6.08 Å². The van der Waals surface area contributed by atoms with Crippen LogP contribution in [0.3, 0.4) is 0 Å². The predicted molar refractivity (Wildman–Crippen MR) is 55.9 cm³/mol. The number of hydrogen-bond donors (Lipinski definition) is 1. The number of nitrogens with zero attached hydrogens (tertiary/aromatic N) is 1. The summed E-state index contributed by atoms with van der Waals surface area (Å²) in [5.41, 5.74) is 0.0594. The zero-order valence-electron chi connectivity index (χ0n) is 8.46. The molecular formula is C11H16FNO. The van der Waals surface area contributed by atoms with Crippen molar-refractivity contribution in [1.82, 2.24) is 0 Å². The van der Waals surface area contributed by atoms with Gasteiger partial charge in [-0.05, 0) is 45.3 Å². The topological polar surface area (TPSA) is 32.6 Å². The molecule has 0 heterocycles. The van der Waals surface area contributed by atoms with Gasteiger partial charge in [0.05, 0.1) is 5.60 Å². The summed E-state index contributed by atoms with van der Waals surface area (Å²) in [7, 11) is 0. The van der Waals surface area contributed by atoms with Crippen molar-refractivity contribution in [2.45, 2.75) is 38.2 Å². The average Bonchev–Trinajstić information content (AvgIpc) is 1.99. The fraction of sp³-hybridized carbons (Fsp3) is 0.545. The van der Waals surface area contributed by atoms with Crippen molar-refractivity contribution in [3.8, 4) is 0 Å². The average molecular weight is 197 g/mol. The van der Waals surface area contributed by atoms with E-state index < -0.39 is 11.6 Å². The Morgan fingerprint density at radius 3 is 2.71 bits per heavy atom. The molecule has 0 saturated heterocycles. The Labute approximate surface area is 83.9 Å². The highest BCUT2D eigenvalue weighted by Crippen LogP contribution is 2.34. The Morgan fingerprint density at radius 1 is 1.64 bits per heavy atom. The largest absolute Gasteiger partial charge is 0.390 e. The summed E-state index contributed by atoms with van der Waals surface area (Å²) >= 11 is 0. The van der Waals surface area contributed by atoms with Gasteiger partial charge in [0.2, 0.25) is 5.95 Å². The van der Waals surface area contributed by atoms with E-state index in [1.807, 2.05) is 6.08 Å². The molecule has 0 aromatic heterocycles. The second-order valence-corrected chi connectivity index (χ2v) is 3.81. The van der Waals surface area contributed by atoms with Crippen molar-refractivity contribution in [2.75, 3.05) is 0 Å². The molecule has 2 nitrogen and oxygen atoms in total. The van der Waals surface area contributed by atoms with E-state index in [0.29, 0.717) is 12.1 Å². The SMILES string of the molecule is C=C(F)N=C(C)/C=C\CC1(O)CCC1. The van der Waals surface area contributed by atoms with E-state index in [1.165, 1.54) is 0 Å². The smallest absolute Gasteiger partial charge is 0.205 e. The van der Waals surface area contributed by atoms with Crippen molar-refractivity contribution in [2.24, 2.45) is 4.99 Å². The highest BCUT2D eigenvalue weighted by Gasteiger charge is 2.32. The molecule has 0 aromatic carbocycles. The molecule has 0 spiro atoms. The standard InChI is InChI=1S/C11H16FNO/c1-9(13-10(2)12)5-3-6-11(14)7-4-8-11/h3,5,14H,2,4,6-8H2,1H3/b5-3-,13-9?. The minimum Gasteiger partial charge on any atom is -0.390 e. The maximum atomic E-state index is 12.2. The summed E-state index contributed by atoms with van der Waals surface area (Å²) in [6, 6.07) is 0. The van der Waals surface area contributed by atoms with Crippen LogP contribution < -0.4 is 0 Å². The predicted octanol–water partition coefficient (Wildman–Crippen LogP) is 2.75. The van der Waals surface area contributed by atoms with Crippen LogP contribution in [0.2, 0.25) is 0 Å². The summed E-state index contributed by atoms with van der Waals surface area (Å²) in [6.07, 6.45) is 6.99. The van der Waals surface area contributed by atoms with Crippen LogP contribution in [0.5, 0.6) is 0 Å². The molecular weight excluding hydrogens is 181 g/mol. The highest BCUT2D eigenvalue weighted by molar-refractivity contribution is 5.93. The lowest BCUT2D eigenvalue weighted by Crippen LogP contribution is -2.35. The van der Waals surface area contributed by atoms with E-state index in [2.05, 4.69) is 11.6 Å². The second-order valence-electron chi connectivity index (χ2n) is 3.81. The number of hydrogen-bond acceptors (Lipinski definition) is 2. The first-order valence-corrected chi connectivity index (χ1v) is 4.80. The lowest BCUT2D eigenvalue weighted by Gasteiger charge is -2.35. The Kier molecular flexibility index (Phi) is 3.58. The minimum atomic E-state index is -0.686. The van der Waals surface area contributed by atoms with Gasteiger partial charge >= 0.3 is 0 Å². The van der Waals surface area contributed by atoms with Crippen LogP contribution >= 0.6 is 0 Å². The van der Waals surface area contributed by atoms with E-state index in [0.717, 1.165) is 19.3 Å². The monoisotopic (exact) mass is 197 g/mol. The number of aliphatic imine (C=N–C) groups is 1. The zero-order valence-corrected chi connectivity index (χ0v) is 8.46. The van der Waals surface area contributed by atoms with E-state index in [4.69, 9.17) is 0 Å². The van der Waals surface area contributed by atoms with Crippen LogP contribution in [0.15, 0.2) is 29.7 Å². The Balaban J connectivity index is 2.36. The quantitative estimate of drug-likeness (QED) is 0.545. The van der Waals surface area contributed by atoms with E-state index in [9.17, 15) is 9.50 Å². The third-order valence-corrected chi connectivity index (χ3v) is 2.44. The number of aliphatic hydroxyl groups is 1. The molecule has 0 aromatic rings. The lowest BCUT2D eigenvalue weighted by molar-refractivity contribution is -0.0299. The van der Waals surface area contributed by atoms with E-state index in [1.54, 1.807) is 13.0 Å². The van der Waals surface area contributed by atoms with Crippen LogP contribution in [-0.4, -0.2) is 16.4 Å². The van der Waals surface area contributed by atoms with E-state index in [-0.39, 0.29) is 0 Å². The number of rotatable bonds is 4. The molecule has 1 N–H and O–H groups in total. The normalized spacial score (nSPS) is 20.9. The van der Waals surface area contributed by atoms with Crippen molar-refractivity contribution in [3.63, 3.8) is 0 Å². The van der Waals surface area contributed by atoms with Crippen molar-refractivity contribution in [3.05, 3.63) is 24.7 Å². The van der Waals surface area contributed by atoms with Gasteiger partial charge in [0.25, 0.3) is 0 Å². The minimum absolute atomic E-state index is 0.510. The molecule has 1 aliphatic carbocycles. The summed E-state index contributed by atoms with van der Waals surface area (Å²) in [5, 5.41) is 9.72. The second kappa shape index (κ2) is 4.51. The molecule has 0 radical (unpaired) electrons. The number of allylic oxidation sites excluding steroid dienone is 1. The van der Waals surface area contributed by atoms with Crippen molar-refractivity contribution >= 4 is 5.71 Å². The third kappa shape index (κ3) is 3.42. The van der Waals surface area contributed by atoms with Crippen LogP contribution in [-0.2, 0) is 0 Å². The molecule has 0 bridgehead atoms. The molecule has 14 heavy (non-hydrogen) atoms. The zero-order chi connectivity index (χ0) is 10.6. The molecule has 0 atom stereocenters. The Bertz CT molecular complexity index is 277. The first-order valence-electron chi connectivity index (χ1n) is 4.80. The maximum Gasteiger partial charge on any atom is 0.205 e. The van der Waals surface area contributed by atoms with Gasteiger partial charge in [-0.25, -0.2) is 4.99 Å². The van der Waals surface area contributed by atoms with Gasteiger partial charge in [-0.2, -0.15) is 4.39 Å². The van der Waals surface area contributed by atoms with Crippen molar-refractivity contribution in [1.29, 1.82) is 0 Å². The first kappa shape index (κ1) is 11.1. The van der Waals surface area contributed by atoms with Gasteiger partial charge in [0.1, 0.15) is 0 Å². The molecule has 1 aliphatic rings. The van der Waals surface area contributed by atoms with Gasteiger partial charge in [-0.3, -0.25) is 0 Å². The fourth-order valence-electron chi connectivity index (χ4n) is 1.47. The van der Waals surface area contributed by atoms with Crippen LogP contribution in [0.4, 0.5) is 4.39 Å². The van der Waals surface area contributed by atoms with Gasteiger partial charge in [0.15, 0.2) is 0 Å². The van der Waals surface area contributed by atoms with Gasteiger partial charge < -0.3 is 5.11 Å². The highest BCUT2D eigenvalue weighted by atomic mass is 19.1. The third-order valence-electron chi connectivity index (χ3n) is 2.44. The summed E-state index contributed by atoms with van der Waals surface area (Å²) in [6.45, 7) is 4.74. The van der Waals surface area contributed by atoms with Gasteiger partial charge in [0, 0.05) is 5.71 Å². The molecule has 1 rings (SSSR count). The van der Waals surface area contributed by atoms with Crippen LogP contribution in [0, 0.1) is 0 Å². The van der Waals surface area contributed by atoms with E-state index >= 15 is 0 Å². The fourth-order valence-corrected chi connectivity index (χ4v) is 1.47. The number of halogens is 1. The molecule has 0 aliphatic heterocycles. The summed E-state index contributed by atoms with van der Waals surface area (Å²) in [4.78, 5) is 3.53. The first-order chi connectivity index (χ1) is 6.52. The molecule has 78 valence electrons. The summed E-state index contributed by atoms with van der Waals surface area (Å²) < 4.78 is 12.2. The van der Waals surface area contributed by atoms with Crippen LogP contribution in [0.25, 0.3) is 0 Å². The van der Waals surface area contributed by atoms with Crippen molar-refractivity contribution < 1.29 is 9.50 Å². The summed E-state index contributed by atoms with van der Waals surface area (Å²) in [5.74, 6) is -0.686. The molecule has 1 saturated carbocycles. The van der Waals surface area contributed by atoms with Crippen LogP contribution in [0.1, 0.15) is 32.6 Å². The maximum absolute atomic E-state index is 12.2. The molecule has 0 unspecified atom stereocenters. The van der Waals surface area contributed by atoms with Gasteiger partial charge in [-0.15, -0.1) is 0 Å². The molecule has 3 heteroatoms.